The maximum atomic E-state index is 12.6. The number of nitrogens with zero attached hydrogens (tertiary/aromatic N) is 6. The SMILES string of the molecule is CC(=O)c1ccc(CCCC(=O)N2CCN(c3ccc(C#N)cn3)CC2C)s1.CC(=O)c1ccc(CCCC(=O)O)s1.CC1CN(c2ccc(Cl)cn2)CCN1. The van der Waals surface area contributed by atoms with E-state index in [0.717, 1.165) is 83.1 Å². The fourth-order valence-corrected chi connectivity index (χ4v) is 8.25. The number of nitriles is 1. The Kier molecular flexibility index (Phi) is 17.4. The van der Waals surface area contributed by atoms with Gasteiger partial charge in [0.15, 0.2) is 11.6 Å². The summed E-state index contributed by atoms with van der Waals surface area (Å²) in [6.45, 7) is 12.5. The first-order valence-corrected chi connectivity index (χ1v) is 20.8. The molecule has 0 bridgehead atoms. The van der Waals surface area contributed by atoms with Crippen LogP contribution in [0.1, 0.15) is 88.0 Å². The van der Waals surface area contributed by atoms with Gasteiger partial charge in [0.05, 0.1) is 20.3 Å². The standard InChI is InChI=1S/C21H24N4O2S.C10H14ClN3.C10H12O3S/c1-15-14-24(20-9-6-17(12-22)13-23-20)10-11-25(15)21(27)5-3-4-18-7-8-19(28-18)16(2)26;1-8-7-14(5-4-12-8)10-3-2-9(11)6-13-10;1-7(11)9-6-5-8(14-9)3-2-4-10(12)13/h6-9,13,15H,3-5,10-11,14H2,1-2H3;2-3,6,8,12H,4-5,7H2,1H3;5-6H,2-4H2,1H3,(H,12,13). The zero-order valence-corrected chi connectivity index (χ0v) is 34.8. The molecule has 4 aromatic rings. The lowest BCUT2D eigenvalue weighted by molar-refractivity contribution is -0.137. The molecule has 2 aliphatic heterocycles. The maximum Gasteiger partial charge on any atom is 0.303 e. The molecule has 0 saturated carbocycles. The number of carboxylic acids is 1. The number of thiophene rings is 2. The van der Waals surface area contributed by atoms with E-state index in [9.17, 15) is 19.2 Å². The first kappa shape index (κ1) is 44.0. The number of carboxylic acid groups (broad SMARTS) is 1. The van der Waals surface area contributed by atoms with Crippen LogP contribution in [0.3, 0.4) is 0 Å². The molecule has 56 heavy (non-hydrogen) atoms. The van der Waals surface area contributed by atoms with Crippen molar-refractivity contribution in [2.75, 3.05) is 49.1 Å². The molecule has 2 atom stereocenters. The zero-order valence-electron chi connectivity index (χ0n) is 32.4. The van der Waals surface area contributed by atoms with Crippen LogP contribution in [0.25, 0.3) is 0 Å². The van der Waals surface area contributed by atoms with Crippen LogP contribution in [-0.4, -0.2) is 94.8 Å². The second kappa shape index (κ2) is 22.2. The number of anilines is 2. The van der Waals surface area contributed by atoms with Gasteiger partial charge in [-0.25, -0.2) is 9.97 Å². The number of aryl methyl sites for hydroxylation is 2. The third-order valence-corrected chi connectivity index (χ3v) is 11.9. The van der Waals surface area contributed by atoms with Gasteiger partial charge in [-0.05, 0) is 102 Å². The molecule has 15 heteroatoms. The molecule has 2 unspecified atom stereocenters. The van der Waals surface area contributed by atoms with Crippen LogP contribution >= 0.6 is 34.3 Å². The lowest BCUT2D eigenvalue weighted by Crippen LogP contribution is -2.54. The van der Waals surface area contributed by atoms with Gasteiger partial charge in [-0.15, -0.1) is 22.7 Å². The van der Waals surface area contributed by atoms with Gasteiger partial charge in [0, 0.05) is 86.3 Å². The minimum atomic E-state index is -0.770. The van der Waals surface area contributed by atoms with E-state index in [0.29, 0.717) is 36.0 Å². The van der Waals surface area contributed by atoms with Crippen LogP contribution in [0.4, 0.5) is 11.6 Å². The van der Waals surface area contributed by atoms with Crippen molar-refractivity contribution in [3.63, 3.8) is 0 Å². The van der Waals surface area contributed by atoms with Crippen LogP contribution in [0.15, 0.2) is 60.9 Å². The predicted octanol–water partition coefficient (Wildman–Crippen LogP) is 7.17. The summed E-state index contributed by atoms with van der Waals surface area (Å²) in [5, 5.41) is 21.4. The Morgan fingerprint density at radius 1 is 0.821 bits per heavy atom. The summed E-state index contributed by atoms with van der Waals surface area (Å²) in [4.78, 5) is 64.0. The molecule has 298 valence electrons. The highest BCUT2D eigenvalue weighted by molar-refractivity contribution is 7.14. The Morgan fingerprint density at radius 3 is 1.89 bits per heavy atom. The largest absolute Gasteiger partial charge is 0.481 e. The Hall–Kier alpha value is -4.68. The molecule has 2 aliphatic rings. The summed E-state index contributed by atoms with van der Waals surface area (Å²) in [6, 6.07) is 17.7. The third-order valence-electron chi connectivity index (χ3n) is 9.20. The van der Waals surface area contributed by atoms with Crippen molar-refractivity contribution in [3.8, 4) is 6.07 Å². The molecular formula is C41H50ClN7O5S2. The maximum absolute atomic E-state index is 12.6. The number of ketones is 2. The van der Waals surface area contributed by atoms with E-state index in [1.807, 2.05) is 41.3 Å². The molecule has 0 aliphatic carbocycles. The minimum Gasteiger partial charge on any atom is -0.481 e. The fourth-order valence-electron chi connectivity index (χ4n) is 6.25. The van der Waals surface area contributed by atoms with Crippen molar-refractivity contribution in [1.82, 2.24) is 20.2 Å². The van der Waals surface area contributed by atoms with E-state index in [4.69, 9.17) is 22.0 Å². The van der Waals surface area contributed by atoms with Crippen molar-refractivity contribution in [2.45, 2.75) is 78.3 Å². The molecule has 4 aromatic heterocycles. The number of halogens is 1. The monoisotopic (exact) mass is 819 g/mol. The van der Waals surface area contributed by atoms with Gasteiger partial charge in [0.1, 0.15) is 17.7 Å². The normalized spacial score (nSPS) is 16.5. The number of aliphatic carboxylic acids is 1. The van der Waals surface area contributed by atoms with Crippen molar-refractivity contribution in [2.24, 2.45) is 0 Å². The highest BCUT2D eigenvalue weighted by Gasteiger charge is 2.27. The first-order chi connectivity index (χ1) is 26.8. The number of aromatic nitrogens is 2. The molecule has 0 spiro atoms. The number of nitrogens with one attached hydrogen (secondary N) is 1. The van der Waals surface area contributed by atoms with E-state index in [2.05, 4.69) is 45.0 Å². The molecule has 0 aromatic carbocycles. The molecular weight excluding hydrogens is 770 g/mol. The lowest BCUT2D eigenvalue weighted by Gasteiger charge is -2.40. The lowest BCUT2D eigenvalue weighted by atomic mass is 10.1. The summed E-state index contributed by atoms with van der Waals surface area (Å²) in [5.74, 6) is 1.44. The molecule has 1 amide bonds. The highest BCUT2D eigenvalue weighted by atomic mass is 35.5. The summed E-state index contributed by atoms with van der Waals surface area (Å²) in [5.41, 5.74) is 0.548. The smallest absolute Gasteiger partial charge is 0.303 e. The van der Waals surface area contributed by atoms with Gasteiger partial charge < -0.3 is 25.1 Å². The van der Waals surface area contributed by atoms with Gasteiger partial charge in [0.25, 0.3) is 0 Å². The second-order valence-electron chi connectivity index (χ2n) is 13.8. The Morgan fingerprint density at radius 2 is 1.41 bits per heavy atom. The Balaban J connectivity index is 0.000000208. The fraction of sp³-hybridized carbons (Fsp3) is 0.439. The number of pyridine rings is 2. The summed E-state index contributed by atoms with van der Waals surface area (Å²) in [6.07, 6.45) is 6.98. The van der Waals surface area contributed by atoms with Gasteiger partial charge in [-0.1, -0.05) is 11.6 Å². The van der Waals surface area contributed by atoms with Crippen LogP contribution < -0.4 is 15.1 Å². The van der Waals surface area contributed by atoms with Crippen molar-refractivity contribution in [3.05, 3.63) is 91.0 Å². The molecule has 0 radical (unpaired) electrons. The number of carbonyl (C=O) groups excluding carboxylic acids is 3. The van der Waals surface area contributed by atoms with E-state index in [1.165, 1.54) is 29.6 Å². The van der Waals surface area contributed by atoms with Crippen molar-refractivity contribution < 1.29 is 24.3 Å². The Labute approximate surface area is 342 Å². The van der Waals surface area contributed by atoms with Crippen LogP contribution in [-0.2, 0) is 22.4 Å². The topological polar surface area (TPSA) is 160 Å². The zero-order chi connectivity index (χ0) is 40.6. The number of rotatable bonds is 12. The average molecular weight is 820 g/mol. The quantitative estimate of drug-likeness (QED) is 0.140. The number of piperazine rings is 2. The van der Waals surface area contributed by atoms with E-state index < -0.39 is 5.97 Å². The van der Waals surface area contributed by atoms with Gasteiger partial charge in [-0.2, -0.15) is 5.26 Å². The predicted molar refractivity (Wildman–Crippen MR) is 223 cm³/mol. The molecule has 2 fully saturated rings. The highest BCUT2D eigenvalue weighted by Crippen LogP contribution is 2.22. The third kappa shape index (κ3) is 14.1. The average Bonchev–Trinajstić information content (AvgIpc) is 3.86. The van der Waals surface area contributed by atoms with Crippen molar-refractivity contribution in [1.29, 1.82) is 5.26 Å². The Bertz CT molecular complexity index is 1940. The van der Waals surface area contributed by atoms with Gasteiger partial charge in [0.2, 0.25) is 5.91 Å². The second-order valence-corrected chi connectivity index (χ2v) is 16.6. The number of carbonyl (C=O) groups is 4. The molecule has 2 saturated heterocycles. The molecule has 2 N–H and O–H groups in total. The van der Waals surface area contributed by atoms with Gasteiger partial charge >= 0.3 is 5.97 Å². The first-order valence-electron chi connectivity index (χ1n) is 18.7. The molecule has 6 rings (SSSR count). The number of Topliss-reactive ketones (excluding diaryl/α,β-unsaturated/α-hetero) is 2. The number of amides is 1. The number of hydrogen-bond acceptors (Lipinski definition) is 12. The van der Waals surface area contributed by atoms with E-state index >= 15 is 0 Å². The van der Waals surface area contributed by atoms with Crippen molar-refractivity contribution >= 4 is 69.4 Å². The van der Waals surface area contributed by atoms with Crippen LogP contribution in [0.2, 0.25) is 5.02 Å². The summed E-state index contributed by atoms with van der Waals surface area (Å²) < 4.78 is 0. The molecule has 6 heterocycles. The molecule has 12 nitrogen and oxygen atoms in total. The van der Waals surface area contributed by atoms with Gasteiger partial charge in [-0.3, -0.25) is 19.2 Å². The minimum absolute atomic E-state index is 0.0690. The summed E-state index contributed by atoms with van der Waals surface area (Å²) >= 11 is 8.76. The van der Waals surface area contributed by atoms with E-state index in [1.54, 1.807) is 31.5 Å². The van der Waals surface area contributed by atoms with E-state index in [-0.39, 0.29) is 29.9 Å². The summed E-state index contributed by atoms with van der Waals surface area (Å²) in [7, 11) is 0. The number of hydrogen-bond donors (Lipinski definition) is 2. The van der Waals surface area contributed by atoms with Crippen LogP contribution in [0.5, 0.6) is 0 Å². The van der Waals surface area contributed by atoms with Crippen LogP contribution in [0, 0.1) is 11.3 Å².